The van der Waals surface area contributed by atoms with Gasteiger partial charge in [-0.15, -0.1) is 0 Å². The number of nitrogens with one attached hydrogen (secondary N) is 2. The van der Waals surface area contributed by atoms with E-state index in [1.165, 1.54) is 42.6 Å². The van der Waals surface area contributed by atoms with E-state index in [2.05, 4.69) is 27.5 Å². The van der Waals surface area contributed by atoms with Crippen LogP contribution in [0.15, 0.2) is 53.9 Å². The molecule has 5 nitrogen and oxygen atoms in total. The minimum absolute atomic E-state index is 0.0431. The Labute approximate surface area is 295 Å². The number of halogens is 5. The Morgan fingerprint density at radius 3 is 2.41 bits per heavy atom. The lowest BCUT2D eigenvalue weighted by Gasteiger charge is -2.34. The fraction of sp³-hybridized carbons (Fsp3) is 0.538. The van der Waals surface area contributed by atoms with Gasteiger partial charge in [-0.3, -0.25) is 0 Å². The molecule has 49 heavy (non-hydrogen) atoms. The van der Waals surface area contributed by atoms with E-state index >= 15 is 8.78 Å². The Balaban J connectivity index is 0.000000299. The van der Waals surface area contributed by atoms with Gasteiger partial charge in [0.15, 0.2) is 23.3 Å². The number of hydrogen-bond donors (Lipinski definition) is 2. The zero-order valence-corrected chi connectivity index (χ0v) is 30.4. The first-order valence-electron chi connectivity index (χ1n) is 18.0. The van der Waals surface area contributed by atoms with Gasteiger partial charge in [0.25, 0.3) is 0 Å². The molecule has 2 atom stereocenters. The lowest BCUT2D eigenvalue weighted by atomic mass is 9.78. The number of allylic oxidation sites excluding steroid dienone is 2. The second-order valence-electron chi connectivity index (χ2n) is 12.9. The molecule has 2 N–H and O–H groups in total. The summed E-state index contributed by atoms with van der Waals surface area (Å²) in [5.74, 6) is -2.27. The number of fused-ring (bicyclic) bond motifs is 1. The molecule has 0 bridgehead atoms. The van der Waals surface area contributed by atoms with E-state index in [0.717, 1.165) is 63.6 Å². The smallest absolute Gasteiger partial charge is 0.171 e. The average Bonchev–Trinajstić information content (AvgIpc) is 3.47. The topological polar surface area (TPSA) is 53.1 Å². The van der Waals surface area contributed by atoms with E-state index in [0.29, 0.717) is 18.5 Å². The van der Waals surface area contributed by atoms with Crippen molar-refractivity contribution in [3.05, 3.63) is 87.5 Å². The highest BCUT2D eigenvalue weighted by molar-refractivity contribution is 6.30. The number of pyridine rings is 2. The Hall–Kier alpha value is -3.17. The molecule has 2 aromatic heterocycles. The van der Waals surface area contributed by atoms with Crippen LogP contribution in [0.2, 0.25) is 5.02 Å². The van der Waals surface area contributed by atoms with Crippen molar-refractivity contribution in [3.8, 4) is 0 Å². The largest absolute Gasteiger partial charge is 0.365 e. The lowest BCUT2D eigenvalue weighted by molar-refractivity contribution is 0.155. The third-order valence-electron chi connectivity index (χ3n) is 9.94. The predicted molar refractivity (Wildman–Crippen MR) is 194 cm³/mol. The van der Waals surface area contributed by atoms with Crippen LogP contribution >= 0.6 is 11.6 Å². The van der Waals surface area contributed by atoms with Gasteiger partial charge in [0.2, 0.25) is 0 Å². The summed E-state index contributed by atoms with van der Waals surface area (Å²) in [6.07, 6.45) is 12.8. The highest BCUT2D eigenvalue weighted by atomic mass is 35.5. The summed E-state index contributed by atoms with van der Waals surface area (Å²) in [5.41, 5.74) is 2.35. The summed E-state index contributed by atoms with van der Waals surface area (Å²) in [4.78, 5) is 10.0. The molecule has 3 aliphatic rings. The van der Waals surface area contributed by atoms with Crippen molar-refractivity contribution in [1.82, 2.24) is 15.3 Å². The number of benzene rings is 1. The van der Waals surface area contributed by atoms with Gasteiger partial charge in [0, 0.05) is 30.3 Å². The van der Waals surface area contributed by atoms with Crippen molar-refractivity contribution >= 4 is 28.9 Å². The summed E-state index contributed by atoms with van der Waals surface area (Å²) in [5, 5.41) is 6.40. The van der Waals surface area contributed by atoms with Crippen LogP contribution in [0, 0.1) is 17.5 Å². The van der Waals surface area contributed by atoms with E-state index in [1.54, 1.807) is 17.0 Å². The first kappa shape index (κ1) is 38.6. The number of aromatic nitrogens is 2. The number of unbranched alkanes of at least 4 members (excludes halogenated alkanes) is 2. The first-order valence-corrected chi connectivity index (χ1v) is 18.4. The van der Waals surface area contributed by atoms with E-state index < -0.39 is 29.0 Å². The molecule has 2 aliphatic heterocycles. The van der Waals surface area contributed by atoms with Gasteiger partial charge in [0.05, 0.1) is 16.9 Å². The normalized spacial score (nSPS) is 18.3. The maximum absolute atomic E-state index is 16.0. The van der Waals surface area contributed by atoms with Crippen LogP contribution in [0.5, 0.6) is 0 Å². The molecule has 0 spiro atoms. The summed E-state index contributed by atoms with van der Waals surface area (Å²) in [6, 6.07) is 7.50. The summed E-state index contributed by atoms with van der Waals surface area (Å²) >= 11 is 6.04. The predicted octanol–water partition coefficient (Wildman–Crippen LogP) is 11.2. The van der Waals surface area contributed by atoms with Gasteiger partial charge in [-0.2, -0.15) is 0 Å². The molecule has 1 aromatic carbocycles. The molecule has 6 rings (SSSR count). The monoisotopic (exact) mass is 701 g/mol. The van der Waals surface area contributed by atoms with Crippen molar-refractivity contribution in [2.45, 2.75) is 116 Å². The zero-order valence-electron chi connectivity index (χ0n) is 29.6. The van der Waals surface area contributed by atoms with Gasteiger partial charge in [-0.05, 0) is 94.3 Å². The molecule has 3 aromatic rings. The average molecular weight is 702 g/mol. The van der Waals surface area contributed by atoms with Crippen LogP contribution in [-0.2, 0) is 0 Å². The number of alkyl halides is 1. The quantitative estimate of drug-likeness (QED) is 0.125. The SMILES string of the molecule is CC.CC(=C1CCC1)C1(F)CCNCC1.CCCCCC(CC)Nc1ncc2c(c1F)C(c1cccc(Cl)c1F)CN2c1ncccc1F. The number of rotatable bonds is 10. The van der Waals surface area contributed by atoms with Crippen LogP contribution in [0.25, 0.3) is 0 Å². The van der Waals surface area contributed by atoms with Crippen molar-refractivity contribution in [1.29, 1.82) is 0 Å². The van der Waals surface area contributed by atoms with Gasteiger partial charge < -0.3 is 15.5 Å². The van der Waals surface area contributed by atoms with Crippen molar-refractivity contribution in [3.63, 3.8) is 0 Å². The molecule has 1 saturated carbocycles. The van der Waals surface area contributed by atoms with Crippen LogP contribution in [0.3, 0.4) is 0 Å². The molecule has 1 saturated heterocycles. The Morgan fingerprint density at radius 1 is 1.04 bits per heavy atom. The van der Waals surface area contributed by atoms with E-state index in [9.17, 15) is 8.78 Å². The van der Waals surface area contributed by atoms with Gasteiger partial charge in [-0.1, -0.05) is 76.3 Å². The molecule has 2 unspecified atom stereocenters. The van der Waals surface area contributed by atoms with Crippen molar-refractivity contribution < 1.29 is 17.6 Å². The van der Waals surface area contributed by atoms with E-state index in [1.807, 2.05) is 27.7 Å². The van der Waals surface area contributed by atoms with E-state index in [4.69, 9.17) is 11.6 Å². The third kappa shape index (κ3) is 8.95. The fourth-order valence-electron chi connectivity index (χ4n) is 6.79. The Morgan fingerprint density at radius 2 is 1.78 bits per heavy atom. The van der Waals surface area contributed by atoms with Crippen LogP contribution in [0.1, 0.15) is 116 Å². The molecular formula is C39H52ClF4N5. The second-order valence-corrected chi connectivity index (χ2v) is 13.3. The van der Waals surface area contributed by atoms with Crippen LogP contribution in [-0.4, -0.2) is 41.3 Å². The molecule has 2 fully saturated rings. The molecule has 4 heterocycles. The van der Waals surface area contributed by atoms with Crippen LogP contribution < -0.4 is 15.5 Å². The minimum atomic E-state index is -0.971. The fourth-order valence-corrected chi connectivity index (χ4v) is 6.97. The van der Waals surface area contributed by atoms with Crippen molar-refractivity contribution in [2.24, 2.45) is 0 Å². The molecular weight excluding hydrogens is 650 g/mol. The highest BCUT2D eigenvalue weighted by Gasteiger charge is 2.39. The highest BCUT2D eigenvalue weighted by Crippen LogP contribution is 2.47. The summed E-state index contributed by atoms with van der Waals surface area (Å²) in [7, 11) is 0. The number of anilines is 3. The lowest BCUT2D eigenvalue weighted by Crippen LogP contribution is -2.40. The van der Waals surface area contributed by atoms with E-state index in [-0.39, 0.29) is 40.4 Å². The number of piperidine rings is 1. The van der Waals surface area contributed by atoms with Crippen LogP contribution in [0.4, 0.5) is 34.9 Å². The molecule has 1 aliphatic carbocycles. The Bertz CT molecular complexity index is 1550. The van der Waals surface area contributed by atoms with Gasteiger partial charge >= 0.3 is 0 Å². The summed E-state index contributed by atoms with van der Waals surface area (Å²) in [6.45, 7) is 12.0. The van der Waals surface area contributed by atoms with Crippen molar-refractivity contribution in [2.75, 3.05) is 29.9 Å². The standard InChI is InChI=1S/C26H28ClF3N4.C11H18FN.C2H6/c1-3-5-6-9-16(4-2)33-25-24(30)22-18(17-10-7-11-19(27)23(17)29)15-34(21(22)14-32-25)26-20(28)12-8-13-31-26;1-9(10-3-2-4-10)11(12)5-7-13-8-6-11;1-2/h7-8,10-14,16,18H,3-6,9,15H2,1-2H3,(H,32,33);13H,2-8H2,1H3;1-2H3. The second kappa shape index (κ2) is 18.2. The molecule has 0 amide bonds. The zero-order chi connectivity index (χ0) is 35.6. The van der Waals surface area contributed by atoms with Gasteiger partial charge in [-0.25, -0.2) is 27.5 Å². The Kier molecular flexibility index (Phi) is 14.3. The minimum Gasteiger partial charge on any atom is -0.365 e. The maximum atomic E-state index is 16.0. The number of hydrogen-bond acceptors (Lipinski definition) is 5. The molecule has 10 heteroatoms. The molecule has 268 valence electrons. The molecule has 0 radical (unpaired) electrons. The van der Waals surface area contributed by atoms with Gasteiger partial charge in [0.1, 0.15) is 11.5 Å². The number of nitrogens with zero attached hydrogens (tertiary/aromatic N) is 3. The third-order valence-corrected chi connectivity index (χ3v) is 10.2. The summed E-state index contributed by atoms with van der Waals surface area (Å²) < 4.78 is 60.0. The maximum Gasteiger partial charge on any atom is 0.171 e. The first-order chi connectivity index (χ1) is 23.7.